The summed E-state index contributed by atoms with van der Waals surface area (Å²) in [6.07, 6.45) is -3.43. The molecule has 0 fully saturated rings. The van der Waals surface area contributed by atoms with Gasteiger partial charge in [-0.25, -0.2) is 4.79 Å². The summed E-state index contributed by atoms with van der Waals surface area (Å²) in [7, 11) is 0. The van der Waals surface area contributed by atoms with E-state index in [1.807, 2.05) is 5.32 Å². The first kappa shape index (κ1) is 25.7. The van der Waals surface area contributed by atoms with Crippen molar-refractivity contribution in [2.75, 3.05) is 6.54 Å². The number of rotatable bonds is 13. The fourth-order valence-corrected chi connectivity index (χ4v) is 2.08. The van der Waals surface area contributed by atoms with Crippen molar-refractivity contribution >= 4 is 35.6 Å². The van der Waals surface area contributed by atoms with Crippen molar-refractivity contribution in [3.8, 4) is 0 Å². The topological polar surface area (TPSA) is 245 Å². The summed E-state index contributed by atoms with van der Waals surface area (Å²) in [6, 6.07) is -4.93. The number of nitrogens with two attached hydrogens (primary N) is 1. The second-order valence-corrected chi connectivity index (χ2v) is 5.98. The Labute approximate surface area is 164 Å². The Bertz CT molecular complexity index is 651. The van der Waals surface area contributed by atoms with Crippen molar-refractivity contribution in [2.24, 2.45) is 5.73 Å². The predicted octanol–water partition coefficient (Wildman–Crippen LogP) is -3.80. The van der Waals surface area contributed by atoms with Crippen LogP contribution in [0.15, 0.2) is 0 Å². The molecule has 0 rings (SSSR count). The third-order valence-electron chi connectivity index (χ3n) is 3.54. The molecule has 0 aliphatic heterocycles. The average Bonchev–Trinajstić information content (AvgIpc) is 2.60. The lowest BCUT2D eigenvalue weighted by atomic mass is 10.1. The zero-order chi connectivity index (χ0) is 22.7. The Morgan fingerprint density at radius 1 is 0.862 bits per heavy atom. The number of carboxylic acid groups (broad SMARTS) is 3. The maximum absolute atomic E-state index is 12.3. The van der Waals surface area contributed by atoms with Crippen LogP contribution in [-0.2, 0) is 28.8 Å². The normalized spacial score (nSPS) is 14.6. The lowest BCUT2D eigenvalue weighted by molar-refractivity contribution is -0.147. The highest BCUT2D eigenvalue weighted by Crippen LogP contribution is 2.03. The van der Waals surface area contributed by atoms with Crippen molar-refractivity contribution in [3.05, 3.63) is 0 Å². The van der Waals surface area contributed by atoms with Crippen molar-refractivity contribution in [1.82, 2.24) is 16.0 Å². The fourth-order valence-electron chi connectivity index (χ4n) is 2.08. The second-order valence-electron chi connectivity index (χ2n) is 5.98. The van der Waals surface area contributed by atoms with Gasteiger partial charge in [-0.3, -0.25) is 24.0 Å². The van der Waals surface area contributed by atoms with Gasteiger partial charge >= 0.3 is 17.9 Å². The minimum absolute atomic E-state index is 0.469. The SMILES string of the molecule is CC(O)C(NC(=O)CN)C(=O)NC(CCC(=O)O)C(=O)NC(CC(=O)O)C(=O)O. The summed E-state index contributed by atoms with van der Waals surface area (Å²) in [6.45, 7) is 0.676. The van der Waals surface area contributed by atoms with Gasteiger partial charge in [0.25, 0.3) is 0 Å². The van der Waals surface area contributed by atoms with Crippen LogP contribution in [-0.4, -0.2) is 86.8 Å². The van der Waals surface area contributed by atoms with Crippen LogP contribution >= 0.6 is 0 Å². The smallest absolute Gasteiger partial charge is 0.326 e. The van der Waals surface area contributed by atoms with Crippen LogP contribution in [0.1, 0.15) is 26.2 Å². The molecule has 0 aromatic rings. The van der Waals surface area contributed by atoms with Crippen LogP contribution < -0.4 is 21.7 Å². The maximum Gasteiger partial charge on any atom is 0.326 e. The molecule has 0 aliphatic carbocycles. The summed E-state index contributed by atoms with van der Waals surface area (Å²) in [4.78, 5) is 68.6. The molecule has 0 bridgehead atoms. The van der Waals surface area contributed by atoms with Crippen molar-refractivity contribution in [2.45, 2.75) is 50.4 Å². The molecule has 14 nitrogen and oxygen atoms in total. The molecule has 0 aromatic carbocycles. The lowest BCUT2D eigenvalue weighted by Crippen LogP contribution is -2.58. The predicted molar refractivity (Wildman–Crippen MR) is 93.3 cm³/mol. The third kappa shape index (κ3) is 10.0. The molecule has 9 N–H and O–H groups in total. The first-order valence-electron chi connectivity index (χ1n) is 8.33. The Morgan fingerprint density at radius 3 is 1.83 bits per heavy atom. The molecule has 0 spiro atoms. The summed E-state index contributed by atoms with van der Waals surface area (Å²) in [5, 5.41) is 42.3. The summed E-state index contributed by atoms with van der Waals surface area (Å²) < 4.78 is 0. The molecule has 4 unspecified atom stereocenters. The van der Waals surface area contributed by atoms with E-state index in [1.165, 1.54) is 6.92 Å². The number of aliphatic hydroxyl groups is 1. The van der Waals surface area contributed by atoms with Gasteiger partial charge < -0.3 is 42.1 Å². The number of nitrogens with one attached hydrogen (secondary N) is 3. The molecule has 0 saturated heterocycles. The van der Waals surface area contributed by atoms with Crippen LogP contribution in [0, 0.1) is 0 Å². The molecule has 0 aliphatic rings. The molecular weight excluding hydrogens is 396 g/mol. The fraction of sp³-hybridized carbons (Fsp3) is 0.600. The van der Waals surface area contributed by atoms with Gasteiger partial charge in [-0.1, -0.05) is 0 Å². The van der Waals surface area contributed by atoms with Gasteiger partial charge in [0.1, 0.15) is 18.1 Å². The number of carbonyl (C=O) groups is 6. The highest BCUT2D eigenvalue weighted by atomic mass is 16.4. The lowest BCUT2D eigenvalue weighted by Gasteiger charge is -2.25. The quantitative estimate of drug-likeness (QED) is 0.143. The second kappa shape index (κ2) is 12.2. The number of amides is 3. The van der Waals surface area contributed by atoms with Crippen molar-refractivity contribution in [3.63, 3.8) is 0 Å². The molecule has 0 aromatic heterocycles. The minimum atomic E-state index is -1.83. The highest BCUT2D eigenvalue weighted by molar-refractivity contribution is 5.94. The number of carbonyl (C=O) groups excluding carboxylic acids is 3. The average molecular weight is 420 g/mol. The zero-order valence-electron chi connectivity index (χ0n) is 15.5. The standard InChI is InChI=1S/C15H24N4O10/c1-6(20)12(19-9(21)5-16)14(27)17-7(2-3-10(22)23)13(26)18-8(15(28)29)4-11(24)25/h6-8,12,20H,2-5,16H2,1H3,(H,17,27)(H,18,26)(H,19,21)(H,22,23)(H,24,25)(H,28,29). The Morgan fingerprint density at radius 2 is 1.41 bits per heavy atom. The van der Waals surface area contributed by atoms with E-state index in [1.54, 1.807) is 0 Å². The first-order valence-corrected chi connectivity index (χ1v) is 8.33. The van der Waals surface area contributed by atoms with Gasteiger partial charge in [0.05, 0.1) is 19.1 Å². The summed E-state index contributed by atoms with van der Waals surface area (Å²) >= 11 is 0. The van der Waals surface area contributed by atoms with Gasteiger partial charge in [0.15, 0.2) is 0 Å². The molecule has 14 heteroatoms. The van der Waals surface area contributed by atoms with E-state index in [-0.39, 0.29) is 0 Å². The van der Waals surface area contributed by atoms with Gasteiger partial charge in [-0.05, 0) is 13.3 Å². The first-order chi connectivity index (χ1) is 13.4. The van der Waals surface area contributed by atoms with Crippen LogP contribution in [0.3, 0.4) is 0 Å². The van der Waals surface area contributed by atoms with Crippen LogP contribution in [0.2, 0.25) is 0 Å². The number of aliphatic carboxylic acids is 3. The van der Waals surface area contributed by atoms with Crippen LogP contribution in [0.4, 0.5) is 0 Å². The van der Waals surface area contributed by atoms with Crippen molar-refractivity contribution in [1.29, 1.82) is 0 Å². The molecule has 4 atom stereocenters. The molecule has 0 radical (unpaired) electrons. The summed E-state index contributed by atoms with van der Waals surface area (Å²) in [5.74, 6) is -7.48. The third-order valence-corrected chi connectivity index (χ3v) is 3.54. The molecule has 3 amide bonds. The number of carboxylic acids is 3. The van der Waals surface area contributed by atoms with Crippen LogP contribution in [0.25, 0.3) is 0 Å². The van der Waals surface area contributed by atoms with E-state index < -0.39 is 85.7 Å². The molecular formula is C15H24N4O10. The largest absolute Gasteiger partial charge is 0.481 e. The number of hydrogen-bond acceptors (Lipinski definition) is 8. The minimum Gasteiger partial charge on any atom is -0.481 e. The monoisotopic (exact) mass is 420 g/mol. The van der Waals surface area contributed by atoms with Gasteiger partial charge in [-0.2, -0.15) is 0 Å². The van der Waals surface area contributed by atoms with E-state index >= 15 is 0 Å². The molecule has 29 heavy (non-hydrogen) atoms. The van der Waals surface area contributed by atoms with E-state index in [0.717, 1.165) is 0 Å². The van der Waals surface area contributed by atoms with Crippen LogP contribution in [0.5, 0.6) is 0 Å². The number of aliphatic hydroxyl groups excluding tert-OH is 1. The summed E-state index contributed by atoms with van der Waals surface area (Å²) in [5.41, 5.74) is 5.12. The van der Waals surface area contributed by atoms with E-state index in [2.05, 4.69) is 10.6 Å². The molecule has 0 saturated carbocycles. The van der Waals surface area contributed by atoms with E-state index in [4.69, 9.17) is 21.1 Å². The zero-order valence-corrected chi connectivity index (χ0v) is 15.5. The van der Waals surface area contributed by atoms with Crippen molar-refractivity contribution < 1.29 is 49.2 Å². The van der Waals surface area contributed by atoms with E-state index in [9.17, 15) is 33.9 Å². The Kier molecular flexibility index (Phi) is 10.9. The molecule has 164 valence electrons. The van der Waals surface area contributed by atoms with Gasteiger partial charge in [-0.15, -0.1) is 0 Å². The van der Waals surface area contributed by atoms with Gasteiger partial charge in [0.2, 0.25) is 17.7 Å². The molecule has 0 heterocycles. The van der Waals surface area contributed by atoms with Gasteiger partial charge in [0, 0.05) is 6.42 Å². The Balaban J connectivity index is 5.41. The maximum atomic E-state index is 12.3. The highest BCUT2D eigenvalue weighted by Gasteiger charge is 2.32. The number of hydrogen-bond donors (Lipinski definition) is 8. The Hall–Kier alpha value is -3.26. The van der Waals surface area contributed by atoms with E-state index in [0.29, 0.717) is 0 Å².